The normalized spacial score (nSPS) is 10.2. The number of anilines is 1. The zero-order valence-corrected chi connectivity index (χ0v) is 9.71. The molecule has 0 unspecified atom stereocenters. The van der Waals surface area contributed by atoms with Gasteiger partial charge in [-0.3, -0.25) is 0 Å². The van der Waals surface area contributed by atoms with Gasteiger partial charge in [-0.15, -0.1) is 0 Å². The van der Waals surface area contributed by atoms with Gasteiger partial charge < -0.3 is 10.4 Å². The van der Waals surface area contributed by atoms with Crippen molar-refractivity contribution in [1.82, 2.24) is 4.98 Å². The van der Waals surface area contributed by atoms with Crippen molar-refractivity contribution in [2.75, 3.05) is 12.4 Å². The second-order valence-corrected chi connectivity index (χ2v) is 4.26. The van der Waals surface area contributed by atoms with Gasteiger partial charge in [0.15, 0.2) is 10.8 Å². The summed E-state index contributed by atoms with van der Waals surface area (Å²) in [6, 6.07) is 5.79. The lowest BCUT2D eigenvalue weighted by molar-refractivity contribution is 0.0692. The average molecular weight is 252 g/mol. The van der Waals surface area contributed by atoms with Crippen LogP contribution >= 0.6 is 11.3 Å². The Labute approximate surface area is 101 Å². The van der Waals surface area contributed by atoms with Gasteiger partial charge in [0, 0.05) is 7.05 Å². The lowest BCUT2D eigenvalue weighted by atomic mass is 10.1. The van der Waals surface area contributed by atoms with E-state index in [4.69, 9.17) is 5.11 Å². The molecule has 6 heteroatoms. The molecule has 2 rings (SSSR count). The highest BCUT2D eigenvalue weighted by Crippen LogP contribution is 2.33. The van der Waals surface area contributed by atoms with E-state index >= 15 is 0 Å². The number of hydrogen-bond donors (Lipinski definition) is 2. The van der Waals surface area contributed by atoms with Gasteiger partial charge >= 0.3 is 5.97 Å². The van der Waals surface area contributed by atoms with Crippen LogP contribution in [0.2, 0.25) is 0 Å². The number of carboxylic acid groups (broad SMARTS) is 1. The smallest absolute Gasteiger partial charge is 0.356 e. The third-order valence-electron chi connectivity index (χ3n) is 2.13. The molecule has 0 saturated heterocycles. The molecule has 0 aliphatic heterocycles. The third kappa shape index (κ3) is 2.26. The summed E-state index contributed by atoms with van der Waals surface area (Å²) in [5, 5.41) is 12.3. The highest BCUT2D eigenvalue weighted by atomic mass is 32.1. The molecule has 2 aromatic rings. The Balaban J connectivity index is 2.57. The standard InChI is InChI=1S/C11H9FN2O2S/c1-13-11-14-8(10(15)16)9(17-11)6-3-2-4-7(12)5-6/h2-5H,1H3,(H,13,14)(H,15,16). The van der Waals surface area contributed by atoms with Crippen molar-refractivity contribution >= 4 is 22.4 Å². The molecule has 0 aliphatic rings. The fourth-order valence-corrected chi connectivity index (χ4v) is 2.30. The number of rotatable bonds is 3. The molecule has 88 valence electrons. The van der Waals surface area contributed by atoms with E-state index in [1.807, 2.05) is 0 Å². The molecule has 0 fully saturated rings. The monoisotopic (exact) mass is 252 g/mol. The first-order valence-corrected chi connectivity index (χ1v) is 5.61. The molecule has 2 N–H and O–H groups in total. The van der Waals surface area contributed by atoms with Crippen LogP contribution in [0.15, 0.2) is 24.3 Å². The molecule has 0 radical (unpaired) electrons. The van der Waals surface area contributed by atoms with Gasteiger partial charge in [-0.1, -0.05) is 23.5 Å². The fourth-order valence-electron chi connectivity index (χ4n) is 1.40. The Morgan fingerprint density at radius 3 is 2.88 bits per heavy atom. The van der Waals surface area contributed by atoms with Crippen LogP contribution in [-0.2, 0) is 0 Å². The summed E-state index contributed by atoms with van der Waals surface area (Å²) in [4.78, 5) is 15.4. The van der Waals surface area contributed by atoms with Crippen LogP contribution in [0, 0.1) is 5.82 Å². The zero-order chi connectivity index (χ0) is 12.4. The third-order valence-corrected chi connectivity index (χ3v) is 3.25. The Kier molecular flexibility index (Phi) is 3.06. The molecule has 1 aromatic heterocycles. The SMILES string of the molecule is CNc1nc(C(=O)O)c(-c2cccc(F)c2)s1. The lowest BCUT2D eigenvalue weighted by Gasteiger charge is -1.98. The molecule has 0 amide bonds. The van der Waals surface area contributed by atoms with Gasteiger partial charge in [0.05, 0.1) is 4.88 Å². The first-order valence-electron chi connectivity index (χ1n) is 4.79. The summed E-state index contributed by atoms with van der Waals surface area (Å²) >= 11 is 1.18. The second-order valence-electron chi connectivity index (χ2n) is 3.26. The van der Waals surface area contributed by atoms with Crippen LogP contribution in [0.5, 0.6) is 0 Å². The highest BCUT2D eigenvalue weighted by Gasteiger charge is 2.18. The van der Waals surface area contributed by atoms with Crippen LogP contribution in [-0.4, -0.2) is 23.1 Å². The van der Waals surface area contributed by atoms with E-state index in [1.165, 1.54) is 29.5 Å². The van der Waals surface area contributed by atoms with Crippen LogP contribution in [0.1, 0.15) is 10.5 Å². The number of nitrogens with one attached hydrogen (secondary N) is 1. The number of hydrogen-bond acceptors (Lipinski definition) is 4. The number of nitrogens with zero attached hydrogens (tertiary/aromatic N) is 1. The van der Waals surface area contributed by atoms with Crippen molar-refractivity contribution in [2.24, 2.45) is 0 Å². The van der Waals surface area contributed by atoms with Crippen molar-refractivity contribution in [3.8, 4) is 10.4 Å². The molecular weight excluding hydrogens is 243 g/mol. The van der Waals surface area contributed by atoms with Gasteiger partial charge in [-0.2, -0.15) is 0 Å². The summed E-state index contributed by atoms with van der Waals surface area (Å²) in [7, 11) is 1.65. The molecule has 17 heavy (non-hydrogen) atoms. The molecule has 0 bridgehead atoms. The molecule has 4 nitrogen and oxygen atoms in total. The van der Waals surface area contributed by atoms with Gasteiger partial charge in [-0.25, -0.2) is 14.2 Å². The Morgan fingerprint density at radius 2 is 2.29 bits per heavy atom. The summed E-state index contributed by atoms with van der Waals surface area (Å²) in [5.41, 5.74) is 0.450. The van der Waals surface area contributed by atoms with Gasteiger partial charge in [0.1, 0.15) is 5.82 Å². The molecule has 0 aliphatic carbocycles. The van der Waals surface area contributed by atoms with Crippen LogP contribution < -0.4 is 5.32 Å². The lowest BCUT2D eigenvalue weighted by Crippen LogP contribution is -1.99. The molecule has 1 heterocycles. The van der Waals surface area contributed by atoms with Crippen molar-refractivity contribution in [3.05, 3.63) is 35.8 Å². The quantitative estimate of drug-likeness (QED) is 0.881. The van der Waals surface area contributed by atoms with E-state index in [0.29, 0.717) is 15.6 Å². The number of carboxylic acids is 1. The number of benzene rings is 1. The summed E-state index contributed by atoms with van der Waals surface area (Å²) in [5.74, 6) is -1.53. The Hall–Kier alpha value is -1.95. The number of thiazole rings is 1. The molecular formula is C11H9FN2O2S. The predicted molar refractivity (Wildman–Crippen MR) is 64.0 cm³/mol. The largest absolute Gasteiger partial charge is 0.476 e. The zero-order valence-electron chi connectivity index (χ0n) is 8.90. The Morgan fingerprint density at radius 1 is 1.53 bits per heavy atom. The predicted octanol–water partition coefficient (Wildman–Crippen LogP) is 2.69. The molecule has 0 saturated carbocycles. The molecule has 0 spiro atoms. The van der Waals surface area contributed by atoms with E-state index in [1.54, 1.807) is 13.1 Å². The summed E-state index contributed by atoms with van der Waals surface area (Å²) in [6.07, 6.45) is 0. The summed E-state index contributed by atoms with van der Waals surface area (Å²) in [6.45, 7) is 0. The van der Waals surface area contributed by atoms with E-state index in [9.17, 15) is 9.18 Å². The maximum atomic E-state index is 13.1. The van der Waals surface area contributed by atoms with Crippen molar-refractivity contribution in [1.29, 1.82) is 0 Å². The second kappa shape index (κ2) is 4.50. The van der Waals surface area contributed by atoms with E-state index in [0.717, 1.165) is 0 Å². The van der Waals surface area contributed by atoms with Crippen LogP contribution in [0.4, 0.5) is 9.52 Å². The minimum absolute atomic E-state index is 0.0649. The van der Waals surface area contributed by atoms with Crippen LogP contribution in [0.3, 0.4) is 0 Å². The van der Waals surface area contributed by atoms with E-state index in [-0.39, 0.29) is 5.69 Å². The van der Waals surface area contributed by atoms with Crippen molar-refractivity contribution in [3.63, 3.8) is 0 Å². The Bertz CT molecular complexity index is 568. The van der Waals surface area contributed by atoms with E-state index in [2.05, 4.69) is 10.3 Å². The minimum Gasteiger partial charge on any atom is -0.476 e. The minimum atomic E-state index is -1.12. The molecule has 0 atom stereocenters. The topological polar surface area (TPSA) is 62.2 Å². The van der Waals surface area contributed by atoms with Gasteiger partial charge in [0.25, 0.3) is 0 Å². The number of aromatic nitrogens is 1. The van der Waals surface area contributed by atoms with Crippen molar-refractivity contribution < 1.29 is 14.3 Å². The number of carbonyl (C=O) groups is 1. The first kappa shape index (κ1) is 11.5. The van der Waals surface area contributed by atoms with E-state index < -0.39 is 11.8 Å². The average Bonchev–Trinajstić information content (AvgIpc) is 2.73. The first-order chi connectivity index (χ1) is 8.11. The van der Waals surface area contributed by atoms with Crippen LogP contribution in [0.25, 0.3) is 10.4 Å². The highest BCUT2D eigenvalue weighted by molar-refractivity contribution is 7.19. The maximum absolute atomic E-state index is 13.1. The van der Waals surface area contributed by atoms with Gasteiger partial charge in [0.2, 0.25) is 0 Å². The number of halogens is 1. The van der Waals surface area contributed by atoms with Gasteiger partial charge in [-0.05, 0) is 17.7 Å². The molecule has 1 aromatic carbocycles. The maximum Gasteiger partial charge on any atom is 0.356 e. The summed E-state index contributed by atoms with van der Waals surface area (Å²) < 4.78 is 13.1. The number of aromatic carboxylic acids is 1. The van der Waals surface area contributed by atoms with Crippen molar-refractivity contribution in [2.45, 2.75) is 0 Å². The fraction of sp³-hybridized carbons (Fsp3) is 0.0909.